The Kier molecular flexibility index (Phi) is 9.11. The molecule has 0 saturated heterocycles. The van der Waals surface area contributed by atoms with Gasteiger partial charge in [0.15, 0.2) is 0 Å². The van der Waals surface area contributed by atoms with Crippen LogP contribution >= 0.6 is 0 Å². The van der Waals surface area contributed by atoms with Gasteiger partial charge in [0.05, 0.1) is 6.61 Å². The highest BCUT2D eigenvalue weighted by Gasteiger charge is 2.08. The number of amides is 1. The van der Waals surface area contributed by atoms with Crippen LogP contribution in [-0.4, -0.2) is 36.5 Å². The molecule has 0 bridgehead atoms. The van der Waals surface area contributed by atoms with Crippen molar-refractivity contribution in [2.24, 2.45) is 0 Å². The molecule has 0 aromatic carbocycles. The molecule has 4 nitrogen and oxygen atoms in total. The van der Waals surface area contributed by atoms with Gasteiger partial charge in [-0.3, -0.25) is 9.59 Å². The first-order valence-electron chi connectivity index (χ1n) is 6.16. The number of hydrogen-bond acceptors (Lipinski definition) is 3. The summed E-state index contributed by atoms with van der Waals surface area (Å²) < 4.78 is 4.83. The maximum Gasteiger partial charge on any atom is 0.302 e. The van der Waals surface area contributed by atoms with E-state index in [0.717, 1.165) is 32.2 Å². The van der Waals surface area contributed by atoms with Gasteiger partial charge in [-0.25, -0.2) is 0 Å². The maximum atomic E-state index is 11.5. The Bertz CT molecular complexity index is 251. The highest BCUT2D eigenvalue weighted by Crippen LogP contribution is 2.01. The van der Waals surface area contributed by atoms with Gasteiger partial charge in [-0.2, -0.15) is 0 Å². The molecule has 0 spiro atoms. The van der Waals surface area contributed by atoms with Crippen molar-refractivity contribution in [3.8, 4) is 0 Å². The molecular weight excluding hydrogens is 218 g/mol. The fourth-order valence-corrected chi connectivity index (χ4v) is 1.43. The lowest BCUT2D eigenvalue weighted by Gasteiger charge is -2.20. The van der Waals surface area contributed by atoms with E-state index in [-0.39, 0.29) is 11.9 Å². The van der Waals surface area contributed by atoms with Crippen molar-refractivity contribution in [3.05, 3.63) is 12.7 Å². The van der Waals surface area contributed by atoms with E-state index in [1.165, 1.54) is 13.0 Å². The molecule has 4 heteroatoms. The van der Waals surface area contributed by atoms with Crippen molar-refractivity contribution < 1.29 is 14.3 Å². The van der Waals surface area contributed by atoms with E-state index in [1.54, 1.807) is 4.90 Å². The summed E-state index contributed by atoms with van der Waals surface area (Å²) in [5.74, 6) is -0.277. The summed E-state index contributed by atoms with van der Waals surface area (Å²) in [4.78, 5) is 23.8. The maximum absolute atomic E-state index is 11.5. The normalized spacial score (nSPS) is 9.76. The summed E-state index contributed by atoms with van der Waals surface area (Å²) in [6.45, 7) is 8.89. The van der Waals surface area contributed by atoms with Crippen molar-refractivity contribution in [2.45, 2.75) is 39.5 Å². The van der Waals surface area contributed by atoms with Gasteiger partial charge in [0.1, 0.15) is 0 Å². The van der Waals surface area contributed by atoms with E-state index in [9.17, 15) is 9.59 Å². The number of nitrogens with zero attached hydrogens (tertiary/aromatic N) is 1. The van der Waals surface area contributed by atoms with Crippen LogP contribution in [-0.2, 0) is 14.3 Å². The average Bonchev–Trinajstić information content (AvgIpc) is 2.31. The SMILES string of the molecule is C=CC(=O)N(CCCC)CCCCOC(C)=O. The number of rotatable bonds is 9. The monoisotopic (exact) mass is 241 g/mol. The van der Waals surface area contributed by atoms with Crippen LogP contribution in [0.25, 0.3) is 0 Å². The molecule has 0 aromatic heterocycles. The van der Waals surface area contributed by atoms with Crippen LogP contribution in [0.5, 0.6) is 0 Å². The minimum atomic E-state index is -0.255. The number of hydrogen-bond donors (Lipinski definition) is 0. The van der Waals surface area contributed by atoms with Gasteiger partial charge in [0.2, 0.25) is 5.91 Å². The van der Waals surface area contributed by atoms with Gasteiger partial charge in [-0.1, -0.05) is 19.9 Å². The molecule has 0 saturated carbocycles. The third kappa shape index (κ3) is 8.48. The zero-order valence-corrected chi connectivity index (χ0v) is 10.9. The summed E-state index contributed by atoms with van der Waals surface area (Å²) >= 11 is 0. The first kappa shape index (κ1) is 15.7. The van der Waals surface area contributed by atoms with Crippen molar-refractivity contribution >= 4 is 11.9 Å². The van der Waals surface area contributed by atoms with Crippen LogP contribution in [0, 0.1) is 0 Å². The van der Waals surface area contributed by atoms with Gasteiger partial charge >= 0.3 is 5.97 Å². The zero-order chi connectivity index (χ0) is 13.1. The topological polar surface area (TPSA) is 46.6 Å². The second-order valence-electron chi connectivity index (χ2n) is 3.93. The number of carbonyl (C=O) groups excluding carboxylic acids is 2. The molecule has 0 radical (unpaired) electrons. The highest BCUT2D eigenvalue weighted by molar-refractivity contribution is 5.86. The Morgan fingerprint density at radius 1 is 1.24 bits per heavy atom. The van der Waals surface area contributed by atoms with Crippen LogP contribution in [0.1, 0.15) is 39.5 Å². The Morgan fingerprint density at radius 2 is 1.88 bits per heavy atom. The van der Waals surface area contributed by atoms with E-state index in [4.69, 9.17) is 4.74 Å². The Morgan fingerprint density at radius 3 is 2.41 bits per heavy atom. The molecule has 0 aliphatic carbocycles. The molecule has 98 valence electrons. The molecule has 0 N–H and O–H groups in total. The van der Waals surface area contributed by atoms with E-state index in [2.05, 4.69) is 13.5 Å². The fourth-order valence-electron chi connectivity index (χ4n) is 1.43. The van der Waals surface area contributed by atoms with E-state index in [1.807, 2.05) is 0 Å². The van der Waals surface area contributed by atoms with Gasteiger partial charge in [0, 0.05) is 20.0 Å². The average molecular weight is 241 g/mol. The molecule has 0 rings (SSSR count). The summed E-state index contributed by atoms with van der Waals surface area (Å²) in [6, 6.07) is 0. The lowest BCUT2D eigenvalue weighted by Crippen LogP contribution is -2.31. The fraction of sp³-hybridized carbons (Fsp3) is 0.692. The van der Waals surface area contributed by atoms with Gasteiger partial charge in [-0.15, -0.1) is 0 Å². The minimum Gasteiger partial charge on any atom is -0.466 e. The Hall–Kier alpha value is -1.32. The third-order valence-electron chi connectivity index (χ3n) is 2.40. The van der Waals surface area contributed by atoms with Crippen molar-refractivity contribution in [1.29, 1.82) is 0 Å². The molecule has 0 aliphatic rings. The molecular formula is C13H23NO3. The first-order chi connectivity index (χ1) is 8.11. The summed E-state index contributed by atoms with van der Waals surface area (Å²) in [7, 11) is 0. The summed E-state index contributed by atoms with van der Waals surface area (Å²) in [6.07, 6.45) is 5.04. The summed E-state index contributed by atoms with van der Waals surface area (Å²) in [5, 5.41) is 0. The minimum absolute atomic E-state index is 0.0223. The van der Waals surface area contributed by atoms with E-state index >= 15 is 0 Å². The largest absolute Gasteiger partial charge is 0.466 e. The molecule has 0 atom stereocenters. The quantitative estimate of drug-likeness (QED) is 0.353. The second kappa shape index (κ2) is 9.87. The van der Waals surface area contributed by atoms with Crippen LogP contribution in [0.15, 0.2) is 12.7 Å². The van der Waals surface area contributed by atoms with Gasteiger partial charge in [0.25, 0.3) is 0 Å². The lowest BCUT2D eigenvalue weighted by molar-refractivity contribution is -0.141. The molecule has 0 fully saturated rings. The van der Waals surface area contributed by atoms with Crippen LogP contribution < -0.4 is 0 Å². The molecule has 0 aromatic rings. The highest BCUT2D eigenvalue weighted by atomic mass is 16.5. The third-order valence-corrected chi connectivity index (χ3v) is 2.40. The van der Waals surface area contributed by atoms with E-state index in [0.29, 0.717) is 13.2 Å². The van der Waals surface area contributed by atoms with Gasteiger partial charge < -0.3 is 9.64 Å². The molecule has 1 amide bonds. The molecule has 0 heterocycles. The second-order valence-corrected chi connectivity index (χ2v) is 3.93. The number of ether oxygens (including phenoxy) is 1. The van der Waals surface area contributed by atoms with Crippen LogP contribution in [0.2, 0.25) is 0 Å². The zero-order valence-electron chi connectivity index (χ0n) is 10.9. The molecule has 0 aliphatic heterocycles. The van der Waals surface area contributed by atoms with Crippen LogP contribution in [0.4, 0.5) is 0 Å². The number of esters is 1. The number of carbonyl (C=O) groups is 2. The van der Waals surface area contributed by atoms with Crippen molar-refractivity contribution in [3.63, 3.8) is 0 Å². The summed E-state index contributed by atoms with van der Waals surface area (Å²) in [5.41, 5.74) is 0. The standard InChI is InChI=1S/C13H23NO3/c1-4-6-9-14(13(16)5-2)10-7-8-11-17-12(3)15/h5H,2,4,6-11H2,1,3H3. The van der Waals surface area contributed by atoms with Gasteiger partial charge in [-0.05, 0) is 25.3 Å². The number of unbranched alkanes of at least 4 members (excludes halogenated alkanes) is 2. The van der Waals surface area contributed by atoms with Crippen LogP contribution in [0.3, 0.4) is 0 Å². The molecule has 0 unspecified atom stereocenters. The van der Waals surface area contributed by atoms with E-state index < -0.39 is 0 Å². The smallest absolute Gasteiger partial charge is 0.302 e. The predicted octanol–water partition coefficient (Wildman–Crippen LogP) is 2.14. The molecule has 17 heavy (non-hydrogen) atoms. The van der Waals surface area contributed by atoms with Crippen molar-refractivity contribution in [1.82, 2.24) is 4.90 Å². The van der Waals surface area contributed by atoms with Crippen molar-refractivity contribution in [2.75, 3.05) is 19.7 Å². The predicted molar refractivity (Wildman–Crippen MR) is 67.6 cm³/mol. The first-order valence-corrected chi connectivity index (χ1v) is 6.16. The lowest BCUT2D eigenvalue weighted by atomic mass is 10.2. The Labute approximate surface area is 104 Å². The Balaban J connectivity index is 3.79.